The number of methoxy groups -OCH3 is 1. The van der Waals surface area contributed by atoms with Crippen LogP contribution in [0.3, 0.4) is 0 Å². The third-order valence-electron chi connectivity index (χ3n) is 3.72. The van der Waals surface area contributed by atoms with Crippen LogP contribution in [0.25, 0.3) is 0 Å². The molecule has 0 spiro atoms. The smallest absolute Gasteiger partial charge is 0.240 e. The van der Waals surface area contributed by atoms with E-state index in [4.69, 9.17) is 16.3 Å². The van der Waals surface area contributed by atoms with Crippen LogP contribution in [-0.4, -0.2) is 41.1 Å². The first-order valence-corrected chi connectivity index (χ1v) is 9.26. The van der Waals surface area contributed by atoms with Gasteiger partial charge in [-0.3, -0.25) is 0 Å². The van der Waals surface area contributed by atoms with Gasteiger partial charge in [-0.25, -0.2) is 13.1 Å². The van der Waals surface area contributed by atoms with Gasteiger partial charge in [0.1, 0.15) is 5.75 Å². The van der Waals surface area contributed by atoms with Gasteiger partial charge < -0.3 is 9.64 Å². The lowest BCUT2D eigenvalue weighted by Gasteiger charge is -2.26. The zero-order valence-electron chi connectivity index (χ0n) is 13.9. The summed E-state index contributed by atoms with van der Waals surface area (Å²) in [5, 5.41) is 0.611. The fourth-order valence-electron chi connectivity index (χ4n) is 2.34. The molecule has 0 fully saturated rings. The second-order valence-electron chi connectivity index (χ2n) is 5.53. The first-order valence-electron chi connectivity index (χ1n) is 7.39. The molecule has 5 nitrogen and oxygen atoms in total. The molecule has 2 aromatic carbocycles. The minimum absolute atomic E-state index is 0.174. The van der Waals surface area contributed by atoms with Crippen LogP contribution >= 0.6 is 11.6 Å². The molecule has 0 saturated carbocycles. The number of nitrogens with zero attached hydrogens (tertiary/aromatic N) is 1. The number of hydrogen-bond acceptors (Lipinski definition) is 4. The molecule has 7 heteroatoms. The van der Waals surface area contributed by atoms with E-state index in [2.05, 4.69) is 4.72 Å². The van der Waals surface area contributed by atoms with E-state index in [1.807, 2.05) is 37.2 Å². The molecular formula is C17H21ClN2O3S. The highest BCUT2D eigenvalue weighted by atomic mass is 35.5. The topological polar surface area (TPSA) is 58.6 Å². The predicted octanol–water partition coefficient (Wildman–Crippen LogP) is 2.93. The lowest BCUT2D eigenvalue weighted by atomic mass is 10.1. The Morgan fingerprint density at radius 3 is 2.29 bits per heavy atom. The summed E-state index contributed by atoms with van der Waals surface area (Å²) in [4.78, 5) is 2.12. The number of nitrogens with one attached hydrogen (secondary N) is 1. The van der Waals surface area contributed by atoms with Gasteiger partial charge in [0.2, 0.25) is 10.0 Å². The summed E-state index contributed by atoms with van der Waals surface area (Å²) in [5.41, 5.74) is 0.876. The molecule has 1 atom stereocenters. The van der Waals surface area contributed by atoms with Crippen LogP contribution in [-0.2, 0) is 10.0 Å². The summed E-state index contributed by atoms with van der Waals surface area (Å²) in [7, 11) is 1.69. The van der Waals surface area contributed by atoms with E-state index in [0.717, 1.165) is 5.56 Å². The Hall–Kier alpha value is -1.60. The summed E-state index contributed by atoms with van der Waals surface area (Å²) >= 11 is 6.25. The highest BCUT2D eigenvalue weighted by Crippen LogP contribution is 2.26. The number of benzene rings is 2. The quantitative estimate of drug-likeness (QED) is 0.816. The van der Waals surface area contributed by atoms with E-state index >= 15 is 0 Å². The molecule has 0 aliphatic carbocycles. The normalized spacial score (nSPS) is 13.0. The predicted molar refractivity (Wildman–Crippen MR) is 96.1 cm³/mol. The Labute approximate surface area is 148 Å². The van der Waals surface area contributed by atoms with Crippen LogP contribution in [0.4, 0.5) is 0 Å². The standard InChI is InChI=1S/C17H21ClN2O3S/c1-20(2)17(15-6-4-5-7-16(15)18)12-19-24(21,22)14-10-8-13(23-3)9-11-14/h4-11,17,19H,12H2,1-3H3/t17-/m1/s1. The van der Waals surface area contributed by atoms with Crippen LogP contribution in [0.1, 0.15) is 11.6 Å². The van der Waals surface area contributed by atoms with Crippen molar-refractivity contribution < 1.29 is 13.2 Å². The van der Waals surface area contributed by atoms with Gasteiger partial charge in [0.05, 0.1) is 12.0 Å². The van der Waals surface area contributed by atoms with Crippen LogP contribution in [0.15, 0.2) is 53.4 Å². The molecule has 0 bridgehead atoms. The second-order valence-corrected chi connectivity index (χ2v) is 7.70. The molecular weight excluding hydrogens is 348 g/mol. The number of hydrogen-bond donors (Lipinski definition) is 1. The number of ether oxygens (including phenoxy) is 1. The summed E-state index contributed by atoms with van der Waals surface area (Å²) in [6.07, 6.45) is 0. The number of sulfonamides is 1. The third kappa shape index (κ3) is 4.48. The number of likely N-dealkylation sites (N-methyl/N-ethyl adjacent to an activating group) is 1. The Bertz CT molecular complexity index is 777. The van der Waals surface area contributed by atoms with Crippen molar-refractivity contribution in [3.05, 3.63) is 59.1 Å². The molecule has 2 rings (SSSR count). The summed E-state index contributed by atoms with van der Waals surface area (Å²) in [6, 6.07) is 13.5. The molecule has 0 aromatic heterocycles. The Kier molecular flexibility index (Phi) is 6.23. The van der Waals surface area contributed by atoms with Gasteiger partial charge in [-0.1, -0.05) is 29.8 Å². The van der Waals surface area contributed by atoms with Crippen molar-refractivity contribution in [2.45, 2.75) is 10.9 Å². The maximum atomic E-state index is 12.5. The average molecular weight is 369 g/mol. The SMILES string of the molecule is COc1ccc(S(=O)(=O)NC[C@H](c2ccccc2Cl)N(C)C)cc1. The summed E-state index contributed by atoms with van der Waals surface area (Å²) < 4.78 is 32.6. The van der Waals surface area contributed by atoms with Crippen molar-refractivity contribution in [1.29, 1.82) is 0 Å². The van der Waals surface area contributed by atoms with Gasteiger partial charge in [-0.2, -0.15) is 0 Å². The van der Waals surface area contributed by atoms with Crippen LogP contribution < -0.4 is 9.46 Å². The third-order valence-corrected chi connectivity index (χ3v) is 5.51. The molecule has 0 saturated heterocycles. The zero-order valence-corrected chi connectivity index (χ0v) is 15.4. The van der Waals surface area contributed by atoms with Crippen molar-refractivity contribution in [1.82, 2.24) is 9.62 Å². The van der Waals surface area contributed by atoms with Gasteiger partial charge >= 0.3 is 0 Å². The highest BCUT2D eigenvalue weighted by Gasteiger charge is 2.21. The number of rotatable bonds is 7. The minimum atomic E-state index is -3.61. The van der Waals surface area contributed by atoms with Crippen molar-refractivity contribution in [3.63, 3.8) is 0 Å². The summed E-state index contributed by atoms with van der Waals surface area (Å²) in [5.74, 6) is 0.608. The van der Waals surface area contributed by atoms with E-state index in [0.29, 0.717) is 10.8 Å². The van der Waals surface area contributed by atoms with Gasteiger partial charge in [-0.05, 0) is 50.0 Å². The monoisotopic (exact) mass is 368 g/mol. The highest BCUT2D eigenvalue weighted by molar-refractivity contribution is 7.89. The molecule has 24 heavy (non-hydrogen) atoms. The van der Waals surface area contributed by atoms with E-state index in [-0.39, 0.29) is 17.5 Å². The van der Waals surface area contributed by atoms with Crippen molar-refractivity contribution >= 4 is 21.6 Å². The second kappa shape index (κ2) is 7.98. The van der Waals surface area contributed by atoms with E-state index in [9.17, 15) is 8.42 Å². The molecule has 2 aromatic rings. The molecule has 0 heterocycles. The molecule has 0 aliphatic rings. The van der Waals surface area contributed by atoms with Crippen molar-refractivity contribution in [3.8, 4) is 5.75 Å². The fourth-order valence-corrected chi connectivity index (χ4v) is 3.64. The number of halogens is 1. The van der Waals surface area contributed by atoms with Crippen molar-refractivity contribution in [2.75, 3.05) is 27.7 Å². The lowest BCUT2D eigenvalue weighted by molar-refractivity contribution is 0.299. The lowest BCUT2D eigenvalue weighted by Crippen LogP contribution is -2.34. The molecule has 0 radical (unpaired) electrons. The van der Waals surface area contributed by atoms with Crippen LogP contribution in [0.2, 0.25) is 5.02 Å². The van der Waals surface area contributed by atoms with Crippen LogP contribution in [0.5, 0.6) is 5.75 Å². The van der Waals surface area contributed by atoms with E-state index < -0.39 is 10.0 Å². The first-order chi connectivity index (χ1) is 11.3. The Morgan fingerprint density at radius 1 is 1.12 bits per heavy atom. The van der Waals surface area contributed by atoms with E-state index in [1.165, 1.54) is 19.2 Å². The van der Waals surface area contributed by atoms with Crippen molar-refractivity contribution in [2.24, 2.45) is 0 Å². The van der Waals surface area contributed by atoms with Gasteiger partial charge in [-0.15, -0.1) is 0 Å². The van der Waals surface area contributed by atoms with E-state index in [1.54, 1.807) is 18.2 Å². The first kappa shape index (κ1) is 18.7. The zero-order chi connectivity index (χ0) is 17.7. The van der Waals surface area contributed by atoms with Crippen LogP contribution in [0, 0.1) is 0 Å². The minimum Gasteiger partial charge on any atom is -0.497 e. The molecule has 0 amide bonds. The summed E-state index contributed by atoms with van der Waals surface area (Å²) in [6.45, 7) is 0.213. The van der Waals surface area contributed by atoms with Gasteiger partial charge in [0.25, 0.3) is 0 Å². The van der Waals surface area contributed by atoms with Gasteiger partial charge in [0.15, 0.2) is 0 Å². The maximum Gasteiger partial charge on any atom is 0.240 e. The Morgan fingerprint density at radius 2 is 1.75 bits per heavy atom. The van der Waals surface area contributed by atoms with Gasteiger partial charge in [0, 0.05) is 17.6 Å². The molecule has 1 N–H and O–H groups in total. The molecule has 130 valence electrons. The maximum absolute atomic E-state index is 12.5. The average Bonchev–Trinajstić information content (AvgIpc) is 2.56. The largest absolute Gasteiger partial charge is 0.497 e. The Balaban J connectivity index is 2.17. The fraction of sp³-hybridized carbons (Fsp3) is 0.294. The molecule has 0 unspecified atom stereocenters. The molecule has 0 aliphatic heterocycles.